The molecule has 0 bridgehead atoms. The van der Waals surface area contributed by atoms with Crippen LogP contribution in [-0.2, 0) is 12.8 Å². The topological polar surface area (TPSA) is 26.0 Å². The summed E-state index contributed by atoms with van der Waals surface area (Å²) in [5.41, 5.74) is 8.11. The SMILES string of the molecule is CCc1ccc(CCC(N)=S)cc1. The third-order valence-corrected chi connectivity index (χ3v) is 2.30. The minimum absolute atomic E-state index is 0.597. The molecule has 70 valence electrons. The molecule has 0 aliphatic carbocycles. The first-order chi connectivity index (χ1) is 6.22. The van der Waals surface area contributed by atoms with E-state index in [2.05, 4.69) is 31.2 Å². The zero-order valence-corrected chi connectivity index (χ0v) is 8.73. The zero-order valence-electron chi connectivity index (χ0n) is 7.92. The van der Waals surface area contributed by atoms with Crippen LogP contribution in [0.15, 0.2) is 24.3 Å². The molecular formula is C11H15NS. The Hall–Kier alpha value is -0.890. The standard InChI is InChI=1S/C11H15NS/c1-2-9-3-5-10(6-4-9)7-8-11(12)13/h3-6H,2,7-8H2,1H3,(H2,12,13). The molecule has 0 saturated heterocycles. The minimum atomic E-state index is 0.597. The normalized spacial score (nSPS) is 9.92. The second kappa shape index (κ2) is 4.97. The lowest BCUT2D eigenvalue weighted by atomic mass is 10.1. The summed E-state index contributed by atoms with van der Waals surface area (Å²) in [6.07, 6.45) is 2.86. The number of rotatable bonds is 4. The molecule has 0 radical (unpaired) electrons. The van der Waals surface area contributed by atoms with Gasteiger partial charge < -0.3 is 5.73 Å². The van der Waals surface area contributed by atoms with Gasteiger partial charge >= 0.3 is 0 Å². The van der Waals surface area contributed by atoms with E-state index in [-0.39, 0.29) is 0 Å². The van der Waals surface area contributed by atoms with E-state index in [1.54, 1.807) is 0 Å². The molecule has 0 amide bonds. The van der Waals surface area contributed by atoms with Gasteiger partial charge in [0.1, 0.15) is 0 Å². The van der Waals surface area contributed by atoms with Crippen molar-refractivity contribution < 1.29 is 0 Å². The van der Waals surface area contributed by atoms with Gasteiger partial charge in [0, 0.05) is 6.42 Å². The first-order valence-corrected chi connectivity index (χ1v) is 4.99. The average Bonchev–Trinajstić information content (AvgIpc) is 2.15. The van der Waals surface area contributed by atoms with Crippen molar-refractivity contribution in [3.05, 3.63) is 35.4 Å². The Kier molecular flexibility index (Phi) is 3.90. The van der Waals surface area contributed by atoms with Crippen LogP contribution in [0.5, 0.6) is 0 Å². The summed E-state index contributed by atoms with van der Waals surface area (Å²) in [7, 11) is 0. The van der Waals surface area contributed by atoms with Gasteiger partial charge in [-0.2, -0.15) is 0 Å². The predicted octanol–water partition coefficient (Wildman–Crippen LogP) is 2.47. The number of nitrogens with two attached hydrogens (primary N) is 1. The van der Waals surface area contributed by atoms with Crippen molar-refractivity contribution in [3.8, 4) is 0 Å². The maximum Gasteiger partial charge on any atom is 0.0730 e. The maximum atomic E-state index is 5.43. The molecular weight excluding hydrogens is 178 g/mol. The Bertz CT molecular complexity index is 277. The summed E-state index contributed by atoms with van der Waals surface area (Å²) in [5.74, 6) is 0. The molecule has 0 aliphatic heterocycles. The number of aryl methyl sites for hydroxylation is 2. The molecule has 1 rings (SSSR count). The third kappa shape index (κ3) is 3.55. The van der Waals surface area contributed by atoms with Crippen molar-refractivity contribution in [2.75, 3.05) is 0 Å². The van der Waals surface area contributed by atoms with E-state index in [0.717, 1.165) is 19.3 Å². The molecule has 13 heavy (non-hydrogen) atoms. The molecule has 0 aliphatic rings. The van der Waals surface area contributed by atoms with Crippen molar-refractivity contribution >= 4 is 17.2 Å². The molecule has 0 aromatic heterocycles. The maximum absolute atomic E-state index is 5.43. The monoisotopic (exact) mass is 193 g/mol. The summed E-state index contributed by atoms with van der Waals surface area (Å²) < 4.78 is 0. The molecule has 1 nitrogen and oxygen atoms in total. The van der Waals surface area contributed by atoms with Crippen LogP contribution >= 0.6 is 12.2 Å². The lowest BCUT2D eigenvalue weighted by Crippen LogP contribution is -2.08. The van der Waals surface area contributed by atoms with E-state index in [9.17, 15) is 0 Å². The van der Waals surface area contributed by atoms with Gasteiger partial charge in [0.05, 0.1) is 4.99 Å². The van der Waals surface area contributed by atoms with Crippen LogP contribution < -0.4 is 5.73 Å². The quantitative estimate of drug-likeness (QED) is 0.743. The van der Waals surface area contributed by atoms with Crippen LogP contribution in [-0.4, -0.2) is 4.99 Å². The predicted molar refractivity (Wildman–Crippen MR) is 60.9 cm³/mol. The van der Waals surface area contributed by atoms with E-state index in [4.69, 9.17) is 18.0 Å². The molecule has 0 atom stereocenters. The fourth-order valence-electron chi connectivity index (χ4n) is 1.21. The molecule has 2 heteroatoms. The van der Waals surface area contributed by atoms with Gasteiger partial charge in [0.25, 0.3) is 0 Å². The Morgan fingerprint density at radius 3 is 2.23 bits per heavy atom. The second-order valence-corrected chi connectivity index (χ2v) is 3.66. The molecule has 0 spiro atoms. The first kappa shape index (κ1) is 10.2. The van der Waals surface area contributed by atoms with Crippen LogP contribution in [0.1, 0.15) is 24.5 Å². The van der Waals surface area contributed by atoms with Crippen molar-refractivity contribution in [2.24, 2.45) is 5.73 Å². The highest BCUT2D eigenvalue weighted by atomic mass is 32.1. The van der Waals surface area contributed by atoms with Gasteiger partial charge in [-0.25, -0.2) is 0 Å². The van der Waals surface area contributed by atoms with E-state index >= 15 is 0 Å². The van der Waals surface area contributed by atoms with Crippen molar-refractivity contribution in [1.29, 1.82) is 0 Å². The Labute approximate surface area is 85.0 Å². The van der Waals surface area contributed by atoms with Crippen LogP contribution in [0.2, 0.25) is 0 Å². The lowest BCUT2D eigenvalue weighted by Gasteiger charge is -2.01. The molecule has 0 unspecified atom stereocenters. The van der Waals surface area contributed by atoms with Crippen LogP contribution in [0.3, 0.4) is 0 Å². The highest BCUT2D eigenvalue weighted by molar-refractivity contribution is 7.80. The van der Waals surface area contributed by atoms with Gasteiger partial charge in [-0.05, 0) is 24.0 Å². The molecule has 2 N–H and O–H groups in total. The number of hydrogen-bond acceptors (Lipinski definition) is 1. The highest BCUT2D eigenvalue weighted by Gasteiger charge is 1.94. The number of thiocarbonyl (C=S) groups is 1. The zero-order chi connectivity index (χ0) is 9.68. The Balaban J connectivity index is 2.54. The fourth-order valence-corrected chi connectivity index (χ4v) is 1.31. The van der Waals surface area contributed by atoms with Gasteiger partial charge in [0.2, 0.25) is 0 Å². The summed E-state index contributed by atoms with van der Waals surface area (Å²) in [4.78, 5) is 0.597. The van der Waals surface area contributed by atoms with E-state index in [0.29, 0.717) is 4.99 Å². The lowest BCUT2D eigenvalue weighted by molar-refractivity contribution is 1.03. The smallest absolute Gasteiger partial charge is 0.0730 e. The van der Waals surface area contributed by atoms with Crippen LogP contribution in [0, 0.1) is 0 Å². The summed E-state index contributed by atoms with van der Waals surface area (Å²) >= 11 is 4.82. The van der Waals surface area contributed by atoms with Crippen molar-refractivity contribution in [3.63, 3.8) is 0 Å². The Morgan fingerprint density at radius 1 is 1.23 bits per heavy atom. The molecule has 1 aromatic rings. The summed E-state index contributed by atoms with van der Waals surface area (Å²) in [5, 5.41) is 0. The van der Waals surface area contributed by atoms with E-state index in [1.165, 1.54) is 11.1 Å². The van der Waals surface area contributed by atoms with Gasteiger partial charge in [-0.15, -0.1) is 0 Å². The van der Waals surface area contributed by atoms with Crippen LogP contribution in [0.25, 0.3) is 0 Å². The summed E-state index contributed by atoms with van der Waals surface area (Å²) in [6.45, 7) is 2.16. The molecule has 1 aromatic carbocycles. The second-order valence-electron chi connectivity index (χ2n) is 3.14. The van der Waals surface area contributed by atoms with E-state index in [1.807, 2.05) is 0 Å². The molecule has 0 heterocycles. The van der Waals surface area contributed by atoms with Crippen LogP contribution in [0.4, 0.5) is 0 Å². The largest absolute Gasteiger partial charge is 0.393 e. The van der Waals surface area contributed by atoms with Crippen molar-refractivity contribution in [2.45, 2.75) is 26.2 Å². The summed E-state index contributed by atoms with van der Waals surface area (Å²) in [6, 6.07) is 8.62. The molecule has 0 saturated carbocycles. The van der Waals surface area contributed by atoms with Gasteiger partial charge in [-0.3, -0.25) is 0 Å². The number of benzene rings is 1. The van der Waals surface area contributed by atoms with Crippen molar-refractivity contribution in [1.82, 2.24) is 0 Å². The first-order valence-electron chi connectivity index (χ1n) is 4.58. The minimum Gasteiger partial charge on any atom is -0.393 e. The van der Waals surface area contributed by atoms with E-state index < -0.39 is 0 Å². The third-order valence-electron chi connectivity index (χ3n) is 2.09. The average molecular weight is 193 g/mol. The van der Waals surface area contributed by atoms with Gasteiger partial charge in [-0.1, -0.05) is 43.4 Å². The van der Waals surface area contributed by atoms with Gasteiger partial charge in [0.15, 0.2) is 0 Å². The Morgan fingerprint density at radius 2 is 1.77 bits per heavy atom. The highest BCUT2D eigenvalue weighted by Crippen LogP contribution is 2.07. The number of hydrogen-bond donors (Lipinski definition) is 1. The molecule has 0 fully saturated rings. The fraction of sp³-hybridized carbons (Fsp3) is 0.364.